The van der Waals surface area contributed by atoms with Crippen LogP contribution in [0.5, 0.6) is 0 Å². The van der Waals surface area contributed by atoms with Gasteiger partial charge < -0.3 is 20.7 Å². The number of aryl methyl sites for hydroxylation is 1. The van der Waals surface area contributed by atoms with Crippen LogP contribution in [-0.4, -0.2) is 67.9 Å². The van der Waals surface area contributed by atoms with Gasteiger partial charge >= 0.3 is 0 Å². The van der Waals surface area contributed by atoms with Gasteiger partial charge in [0.25, 0.3) is 5.91 Å². The smallest absolute Gasteiger partial charge is 0.251 e. The third-order valence-corrected chi connectivity index (χ3v) is 6.78. The van der Waals surface area contributed by atoms with Gasteiger partial charge in [-0.25, -0.2) is 0 Å². The van der Waals surface area contributed by atoms with Crippen LogP contribution in [0.2, 0.25) is 0 Å². The maximum atomic E-state index is 12.6. The highest BCUT2D eigenvalue weighted by molar-refractivity contribution is 7.98. The number of thioether (sulfide) groups is 1. The highest BCUT2D eigenvalue weighted by atomic mass is 32.2. The van der Waals surface area contributed by atoms with Crippen LogP contribution in [0, 0.1) is 6.92 Å². The van der Waals surface area contributed by atoms with Gasteiger partial charge in [0.1, 0.15) is 6.04 Å². The summed E-state index contributed by atoms with van der Waals surface area (Å²) in [6.45, 7) is 6.76. The zero-order valence-corrected chi connectivity index (χ0v) is 19.2. The Morgan fingerprint density at radius 2 is 1.94 bits per heavy atom. The quantitative estimate of drug-likeness (QED) is 0.569. The summed E-state index contributed by atoms with van der Waals surface area (Å²) in [5.41, 5.74) is 4.53. The molecule has 2 aromatic carbocycles. The molecule has 4 rings (SSSR count). The summed E-state index contributed by atoms with van der Waals surface area (Å²) >= 11 is 1.73. The minimum Gasteiger partial charge on any atom is -0.379 e. The highest BCUT2D eigenvalue weighted by Crippen LogP contribution is 2.29. The number of benzene rings is 2. The van der Waals surface area contributed by atoms with Gasteiger partial charge in [0, 0.05) is 43.2 Å². The van der Waals surface area contributed by atoms with Crippen molar-refractivity contribution in [1.82, 2.24) is 10.2 Å². The van der Waals surface area contributed by atoms with E-state index in [1.54, 1.807) is 23.9 Å². The molecule has 2 amide bonds. The van der Waals surface area contributed by atoms with Crippen LogP contribution in [-0.2, 0) is 15.3 Å². The number of morpholine rings is 1. The maximum absolute atomic E-state index is 12.6. The van der Waals surface area contributed by atoms with E-state index in [4.69, 9.17) is 4.74 Å². The van der Waals surface area contributed by atoms with E-state index in [-0.39, 0.29) is 17.9 Å². The first-order valence-electron chi connectivity index (χ1n) is 11.0. The SMILES string of the molecule is Cc1ccc(CSC[C@H]2Nc3ccc(C(=O)NCCN4CCOCC4)cc3NC2=O)cc1. The van der Waals surface area contributed by atoms with Crippen molar-refractivity contribution >= 4 is 35.0 Å². The van der Waals surface area contributed by atoms with E-state index in [1.165, 1.54) is 11.1 Å². The lowest BCUT2D eigenvalue weighted by Gasteiger charge is -2.27. The Morgan fingerprint density at radius 3 is 2.72 bits per heavy atom. The number of fused-ring (bicyclic) bond motifs is 1. The summed E-state index contributed by atoms with van der Waals surface area (Å²) < 4.78 is 5.34. The van der Waals surface area contributed by atoms with E-state index in [2.05, 4.69) is 52.0 Å². The zero-order valence-electron chi connectivity index (χ0n) is 18.4. The third kappa shape index (κ3) is 6.03. The van der Waals surface area contributed by atoms with E-state index in [9.17, 15) is 9.59 Å². The molecule has 2 aliphatic heterocycles. The van der Waals surface area contributed by atoms with Gasteiger partial charge in [-0.1, -0.05) is 29.8 Å². The van der Waals surface area contributed by atoms with Crippen molar-refractivity contribution in [3.63, 3.8) is 0 Å². The van der Waals surface area contributed by atoms with Gasteiger partial charge in [-0.3, -0.25) is 14.5 Å². The van der Waals surface area contributed by atoms with E-state index < -0.39 is 0 Å². The highest BCUT2D eigenvalue weighted by Gasteiger charge is 2.26. The molecule has 7 nitrogen and oxygen atoms in total. The third-order valence-electron chi connectivity index (χ3n) is 5.68. The van der Waals surface area contributed by atoms with Crippen molar-refractivity contribution < 1.29 is 14.3 Å². The first kappa shape index (κ1) is 22.6. The Balaban J connectivity index is 1.26. The van der Waals surface area contributed by atoms with Crippen LogP contribution >= 0.6 is 11.8 Å². The molecule has 2 heterocycles. The summed E-state index contributed by atoms with van der Waals surface area (Å²) in [4.78, 5) is 27.4. The molecular weight excluding hydrogens is 424 g/mol. The first-order valence-corrected chi connectivity index (χ1v) is 12.2. The van der Waals surface area contributed by atoms with Crippen molar-refractivity contribution in [3.8, 4) is 0 Å². The molecule has 1 atom stereocenters. The summed E-state index contributed by atoms with van der Waals surface area (Å²) in [5.74, 6) is 1.33. The molecule has 0 aromatic heterocycles. The van der Waals surface area contributed by atoms with E-state index >= 15 is 0 Å². The van der Waals surface area contributed by atoms with E-state index in [1.807, 2.05) is 6.07 Å². The van der Waals surface area contributed by atoms with E-state index in [0.717, 1.165) is 44.3 Å². The molecule has 3 N–H and O–H groups in total. The van der Waals surface area contributed by atoms with Crippen LogP contribution in [0.25, 0.3) is 0 Å². The van der Waals surface area contributed by atoms with Crippen molar-refractivity contribution in [1.29, 1.82) is 0 Å². The average Bonchev–Trinajstić information content (AvgIpc) is 2.81. The second kappa shape index (κ2) is 10.8. The van der Waals surface area contributed by atoms with Gasteiger partial charge in [-0.15, -0.1) is 0 Å². The fourth-order valence-electron chi connectivity index (χ4n) is 3.74. The number of amides is 2. The van der Waals surface area contributed by atoms with Crippen LogP contribution in [0.3, 0.4) is 0 Å². The summed E-state index contributed by atoms with van der Waals surface area (Å²) in [5, 5.41) is 9.23. The molecule has 2 aromatic rings. The molecule has 1 saturated heterocycles. The Hall–Kier alpha value is -2.55. The maximum Gasteiger partial charge on any atom is 0.251 e. The lowest BCUT2D eigenvalue weighted by atomic mass is 10.1. The molecular formula is C24H30N4O3S. The fraction of sp³-hybridized carbons (Fsp3) is 0.417. The van der Waals surface area contributed by atoms with Gasteiger partial charge in [0.15, 0.2) is 0 Å². The average molecular weight is 455 g/mol. The van der Waals surface area contributed by atoms with Crippen molar-refractivity contribution in [2.45, 2.75) is 18.7 Å². The van der Waals surface area contributed by atoms with Crippen molar-refractivity contribution in [2.24, 2.45) is 0 Å². The molecule has 32 heavy (non-hydrogen) atoms. The number of nitrogens with zero attached hydrogens (tertiary/aromatic N) is 1. The second-order valence-electron chi connectivity index (χ2n) is 8.16. The molecule has 1 fully saturated rings. The molecule has 0 spiro atoms. The molecule has 0 bridgehead atoms. The number of rotatable bonds is 8. The lowest BCUT2D eigenvalue weighted by Crippen LogP contribution is -2.41. The van der Waals surface area contributed by atoms with Gasteiger partial charge in [-0.2, -0.15) is 11.8 Å². The minimum absolute atomic E-state index is 0.0706. The Bertz CT molecular complexity index is 945. The second-order valence-corrected chi connectivity index (χ2v) is 9.19. The fourth-order valence-corrected chi connectivity index (χ4v) is 4.75. The van der Waals surface area contributed by atoms with Crippen molar-refractivity contribution in [2.75, 3.05) is 55.8 Å². The minimum atomic E-state index is -0.300. The number of ether oxygens (including phenoxy) is 1. The number of carbonyl (C=O) groups is 2. The number of nitrogens with one attached hydrogen (secondary N) is 3. The summed E-state index contributed by atoms with van der Waals surface area (Å²) in [6.07, 6.45) is 0. The Kier molecular flexibility index (Phi) is 7.68. The normalized spacial score (nSPS) is 18.4. The number of anilines is 2. The van der Waals surface area contributed by atoms with Crippen molar-refractivity contribution in [3.05, 3.63) is 59.2 Å². The van der Waals surface area contributed by atoms with E-state index in [0.29, 0.717) is 23.5 Å². The van der Waals surface area contributed by atoms with Crippen LogP contribution < -0.4 is 16.0 Å². The lowest BCUT2D eigenvalue weighted by molar-refractivity contribution is -0.116. The predicted molar refractivity (Wildman–Crippen MR) is 129 cm³/mol. The van der Waals surface area contributed by atoms with Crippen LogP contribution in [0.4, 0.5) is 11.4 Å². The number of carbonyl (C=O) groups excluding carboxylic acids is 2. The molecule has 0 unspecified atom stereocenters. The van der Waals surface area contributed by atoms with Crippen LogP contribution in [0.15, 0.2) is 42.5 Å². The molecule has 0 aliphatic carbocycles. The van der Waals surface area contributed by atoms with Gasteiger partial charge in [0.2, 0.25) is 5.91 Å². The Morgan fingerprint density at radius 1 is 1.16 bits per heavy atom. The molecule has 170 valence electrons. The van der Waals surface area contributed by atoms with Gasteiger partial charge in [-0.05, 0) is 30.7 Å². The Labute approximate surface area is 193 Å². The first-order chi connectivity index (χ1) is 15.6. The zero-order chi connectivity index (χ0) is 22.3. The van der Waals surface area contributed by atoms with Gasteiger partial charge in [0.05, 0.1) is 24.6 Å². The van der Waals surface area contributed by atoms with Crippen LogP contribution in [0.1, 0.15) is 21.5 Å². The molecule has 8 heteroatoms. The summed E-state index contributed by atoms with van der Waals surface area (Å²) in [7, 11) is 0. The molecule has 0 radical (unpaired) electrons. The predicted octanol–water partition coefficient (Wildman–Crippen LogP) is 2.72. The molecule has 0 saturated carbocycles. The topological polar surface area (TPSA) is 82.7 Å². The monoisotopic (exact) mass is 454 g/mol. The standard InChI is InChI=1S/C24H30N4O3S/c1-17-2-4-18(5-3-17)15-32-16-22-24(30)27-21-14-19(6-7-20(21)26-22)23(29)25-8-9-28-10-12-31-13-11-28/h2-7,14,22,26H,8-13,15-16H2,1H3,(H,25,29)(H,27,30)/t22-/m1/s1. The molecule has 2 aliphatic rings. The number of hydrogen-bond acceptors (Lipinski definition) is 6. The number of hydrogen-bond donors (Lipinski definition) is 3. The largest absolute Gasteiger partial charge is 0.379 e. The summed E-state index contributed by atoms with van der Waals surface area (Å²) in [6, 6.07) is 13.6.